The predicted molar refractivity (Wildman–Crippen MR) is 64.9 cm³/mol. The molecule has 1 aliphatic heterocycles. The predicted octanol–water partition coefficient (Wildman–Crippen LogP) is 2.53. The Labute approximate surface area is 106 Å². The van der Waals surface area contributed by atoms with Crippen LogP contribution in [0.25, 0.3) is 0 Å². The summed E-state index contributed by atoms with van der Waals surface area (Å²) in [5.41, 5.74) is 0.855. The number of ether oxygens (including phenoxy) is 1. The van der Waals surface area contributed by atoms with Crippen molar-refractivity contribution in [2.24, 2.45) is 0 Å². The Hall–Kier alpha value is -0.780. The van der Waals surface area contributed by atoms with Crippen molar-refractivity contribution < 1.29 is 17.3 Å². The lowest BCUT2D eigenvalue weighted by Gasteiger charge is -2.12. The van der Waals surface area contributed by atoms with E-state index in [0.717, 1.165) is 31.3 Å². The van der Waals surface area contributed by atoms with Crippen LogP contribution in [0, 0.1) is 0 Å². The Morgan fingerprint density at radius 1 is 1.41 bits per heavy atom. The van der Waals surface area contributed by atoms with Crippen LogP contribution in [0.1, 0.15) is 24.5 Å². The fourth-order valence-electron chi connectivity index (χ4n) is 1.83. The van der Waals surface area contributed by atoms with E-state index in [1.807, 2.05) is 0 Å². The van der Waals surface area contributed by atoms with Gasteiger partial charge in [-0.05, 0) is 30.5 Å². The van der Waals surface area contributed by atoms with Crippen LogP contribution in [0.2, 0.25) is 5.02 Å². The normalized spacial score (nSPS) is 20.5. The first-order valence-electron chi connectivity index (χ1n) is 5.25. The molecule has 1 fully saturated rings. The molecule has 1 atom stereocenters. The van der Waals surface area contributed by atoms with Gasteiger partial charge in [0.1, 0.15) is 5.75 Å². The molecule has 0 bridgehead atoms. The Bertz CT molecular complexity index is 506. The summed E-state index contributed by atoms with van der Waals surface area (Å²) >= 11 is 5.93. The number of rotatable bonds is 3. The molecule has 0 N–H and O–H groups in total. The summed E-state index contributed by atoms with van der Waals surface area (Å²) in [6.07, 6.45) is 2.90. The molecule has 17 heavy (non-hydrogen) atoms. The molecular formula is C11H13ClO4S. The highest BCUT2D eigenvalue weighted by molar-refractivity contribution is 7.86. The fourth-order valence-corrected chi connectivity index (χ4v) is 2.51. The van der Waals surface area contributed by atoms with E-state index < -0.39 is 10.1 Å². The highest BCUT2D eigenvalue weighted by atomic mass is 35.5. The lowest BCUT2D eigenvalue weighted by Crippen LogP contribution is -2.06. The largest absolute Gasteiger partial charge is 0.383 e. The molecule has 1 saturated heterocycles. The average Bonchev–Trinajstić information content (AvgIpc) is 2.65. The van der Waals surface area contributed by atoms with Gasteiger partial charge in [0.05, 0.1) is 12.4 Å². The first-order valence-corrected chi connectivity index (χ1v) is 7.45. The van der Waals surface area contributed by atoms with E-state index in [1.165, 1.54) is 6.07 Å². The van der Waals surface area contributed by atoms with Crippen molar-refractivity contribution in [3.8, 4) is 5.75 Å². The van der Waals surface area contributed by atoms with Gasteiger partial charge in [-0.2, -0.15) is 8.42 Å². The summed E-state index contributed by atoms with van der Waals surface area (Å²) < 4.78 is 32.4. The fraction of sp³-hybridized carbons (Fsp3) is 0.455. The van der Waals surface area contributed by atoms with Crippen LogP contribution in [0.4, 0.5) is 0 Å². The number of hydrogen-bond acceptors (Lipinski definition) is 4. The van der Waals surface area contributed by atoms with Gasteiger partial charge in [-0.15, -0.1) is 0 Å². The summed E-state index contributed by atoms with van der Waals surface area (Å²) in [7, 11) is -3.53. The molecule has 1 heterocycles. The van der Waals surface area contributed by atoms with Gasteiger partial charge in [-0.3, -0.25) is 0 Å². The first kappa shape index (κ1) is 12.7. The molecule has 6 heteroatoms. The zero-order valence-corrected chi connectivity index (χ0v) is 10.9. The molecular weight excluding hydrogens is 264 g/mol. The van der Waals surface area contributed by atoms with E-state index in [-0.39, 0.29) is 11.9 Å². The van der Waals surface area contributed by atoms with Crippen molar-refractivity contribution in [1.29, 1.82) is 0 Å². The molecule has 1 unspecified atom stereocenters. The summed E-state index contributed by atoms with van der Waals surface area (Å²) in [6.45, 7) is 0.722. The molecule has 4 nitrogen and oxygen atoms in total. The van der Waals surface area contributed by atoms with Crippen LogP contribution in [0.15, 0.2) is 18.2 Å². The van der Waals surface area contributed by atoms with Gasteiger partial charge in [0, 0.05) is 17.7 Å². The van der Waals surface area contributed by atoms with E-state index in [4.69, 9.17) is 20.5 Å². The lowest BCUT2D eigenvalue weighted by molar-refractivity contribution is 0.112. The maximum atomic E-state index is 11.0. The van der Waals surface area contributed by atoms with Crippen LogP contribution >= 0.6 is 11.6 Å². The topological polar surface area (TPSA) is 52.6 Å². The average molecular weight is 277 g/mol. The molecule has 0 spiro atoms. The van der Waals surface area contributed by atoms with Crippen molar-refractivity contribution in [3.05, 3.63) is 28.8 Å². The second-order valence-electron chi connectivity index (χ2n) is 4.01. The van der Waals surface area contributed by atoms with Crippen molar-refractivity contribution in [3.63, 3.8) is 0 Å². The van der Waals surface area contributed by atoms with Gasteiger partial charge in [-0.1, -0.05) is 11.6 Å². The molecule has 0 saturated carbocycles. The Balaban J connectivity index is 2.28. The molecule has 2 rings (SSSR count). The summed E-state index contributed by atoms with van der Waals surface area (Å²) in [4.78, 5) is 0. The molecule has 1 aliphatic rings. The van der Waals surface area contributed by atoms with Gasteiger partial charge in [0.25, 0.3) is 0 Å². The maximum Gasteiger partial charge on any atom is 0.306 e. The zero-order chi connectivity index (χ0) is 12.5. The second kappa shape index (κ2) is 4.84. The summed E-state index contributed by atoms with van der Waals surface area (Å²) in [5, 5.41) is 0.441. The highest BCUT2D eigenvalue weighted by Crippen LogP contribution is 2.33. The quantitative estimate of drug-likeness (QED) is 0.796. The minimum atomic E-state index is -3.53. The van der Waals surface area contributed by atoms with Gasteiger partial charge in [-0.25, -0.2) is 0 Å². The third-order valence-corrected chi connectivity index (χ3v) is 3.16. The number of benzene rings is 1. The van der Waals surface area contributed by atoms with Crippen LogP contribution < -0.4 is 4.18 Å². The molecule has 1 aromatic carbocycles. The monoisotopic (exact) mass is 276 g/mol. The van der Waals surface area contributed by atoms with E-state index >= 15 is 0 Å². The van der Waals surface area contributed by atoms with E-state index in [0.29, 0.717) is 5.02 Å². The van der Waals surface area contributed by atoms with Crippen molar-refractivity contribution >= 4 is 21.7 Å². The van der Waals surface area contributed by atoms with E-state index in [1.54, 1.807) is 12.1 Å². The first-order chi connectivity index (χ1) is 7.94. The number of hydrogen-bond donors (Lipinski definition) is 0. The molecule has 0 aliphatic carbocycles. The van der Waals surface area contributed by atoms with Crippen molar-refractivity contribution in [2.45, 2.75) is 18.9 Å². The smallest absolute Gasteiger partial charge is 0.306 e. The minimum Gasteiger partial charge on any atom is -0.383 e. The van der Waals surface area contributed by atoms with Crippen molar-refractivity contribution in [1.82, 2.24) is 0 Å². The number of halogens is 1. The SMILES string of the molecule is CS(=O)(=O)Oc1cc(Cl)cc(C2CCCO2)c1. The zero-order valence-electron chi connectivity index (χ0n) is 9.35. The van der Waals surface area contributed by atoms with Crippen LogP contribution in [-0.4, -0.2) is 21.3 Å². The second-order valence-corrected chi connectivity index (χ2v) is 6.02. The Morgan fingerprint density at radius 3 is 2.76 bits per heavy atom. The van der Waals surface area contributed by atoms with Crippen molar-refractivity contribution in [2.75, 3.05) is 12.9 Å². The van der Waals surface area contributed by atoms with Gasteiger partial charge in [0.2, 0.25) is 0 Å². The summed E-state index contributed by atoms with van der Waals surface area (Å²) in [5.74, 6) is 0.227. The molecule has 0 amide bonds. The van der Waals surface area contributed by atoms with E-state index in [9.17, 15) is 8.42 Å². The minimum absolute atomic E-state index is 0.0180. The van der Waals surface area contributed by atoms with Gasteiger partial charge < -0.3 is 8.92 Å². The third kappa shape index (κ3) is 3.59. The third-order valence-electron chi connectivity index (χ3n) is 2.44. The molecule has 0 radical (unpaired) electrons. The van der Waals surface area contributed by atoms with Crippen LogP contribution in [-0.2, 0) is 14.9 Å². The maximum absolute atomic E-state index is 11.0. The highest BCUT2D eigenvalue weighted by Gasteiger charge is 2.19. The molecule has 1 aromatic rings. The lowest BCUT2D eigenvalue weighted by atomic mass is 10.1. The standard InChI is InChI=1S/C11H13ClO4S/c1-17(13,14)16-10-6-8(5-9(12)7-10)11-3-2-4-15-11/h5-7,11H,2-4H2,1H3. The Kier molecular flexibility index (Phi) is 3.61. The Morgan fingerprint density at radius 2 is 2.18 bits per heavy atom. The summed E-state index contributed by atoms with van der Waals surface area (Å²) in [6, 6.07) is 4.90. The van der Waals surface area contributed by atoms with E-state index in [2.05, 4.69) is 0 Å². The van der Waals surface area contributed by atoms with Crippen LogP contribution in [0.3, 0.4) is 0 Å². The molecule has 94 valence electrons. The molecule has 0 aromatic heterocycles. The van der Waals surface area contributed by atoms with Crippen LogP contribution in [0.5, 0.6) is 5.75 Å². The van der Waals surface area contributed by atoms with Gasteiger partial charge >= 0.3 is 10.1 Å². The van der Waals surface area contributed by atoms with Gasteiger partial charge in [0.15, 0.2) is 0 Å².